The van der Waals surface area contributed by atoms with Crippen LogP contribution in [0.15, 0.2) is 71.6 Å². The van der Waals surface area contributed by atoms with Gasteiger partial charge in [0.05, 0.1) is 15.2 Å². The average molecular weight is 521 g/mol. The maximum atomic E-state index is 4.72. The van der Waals surface area contributed by atoms with Gasteiger partial charge in [0.2, 0.25) is 0 Å². The fourth-order valence-electron chi connectivity index (χ4n) is 5.55. The fraction of sp³-hybridized carbons (Fsp3) is 0.559. The van der Waals surface area contributed by atoms with Crippen LogP contribution in [-0.4, -0.2) is 16.9 Å². The second-order valence-electron chi connectivity index (χ2n) is 10.0. The summed E-state index contributed by atoms with van der Waals surface area (Å²) in [5.41, 5.74) is 7.36. The summed E-state index contributed by atoms with van der Waals surface area (Å²) >= 11 is 1.86. The van der Waals surface area contributed by atoms with Crippen molar-refractivity contribution in [3.8, 4) is 0 Å². The lowest BCUT2D eigenvalue weighted by molar-refractivity contribution is 0.418. The lowest BCUT2D eigenvalue weighted by atomic mass is 9.90. The number of nitrogens with zero attached hydrogens (tertiary/aromatic N) is 2. The first-order chi connectivity index (χ1) is 18.0. The van der Waals surface area contributed by atoms with Crippen molar-refractivity contribution in [2.24, 2.45) is 5.92 Å². The van der Waals surface area contributed by atoms with E-state index in [4.69, 9.17) is 4.98 Å². The van der Waals surface area contributed by atoms with Crippen molar-refractivity contribution in [3.05, 3.63) is 76.6 Å². The van der Waals surface area contributed by atoms with E-state index in [1.807, 2.05) is 31.3 Å². The number of benzene rings is 1. The van der Waals surface area contributed by atoms with Gasteiger partial charge in [-0.05, 0) is 86.6 Å². The normalized spacial score (nSPS) is 23.2. The summed E-state index contributed by atoms with van der Waals surface area (Å²) < 4.78 is 1.32. The number of thiazole rings is 1. The van der Waals surface area contributed by atoms with Crippen molar-refractivity contribution in [1.29, 1.82) is 0 Å². The molecule has 1 aromatic carbocycles. The Morgan fingerprint density at radius 1 is 1.11 bits per heavy atom. The van der Waals surface area contributed by atoms with Crippen LogP contribution in [0.3, 0.4) is 0 Å². The van der Waals surface area contributed by atoms with Gasteiger partial charge in [-0.25, -0.2) is 4.98 Å². The van der Waals surface area contributed by atoms with Crippen molar-refractivity contribution in [2.45, 2.75) is 112 Å². The predicted octanol–water partition coefficient (Wildman–Crippen LogP) is 11.2. The van der Waals surface area contributed by atoms with Crippen molar-refractivity contribution < 1.29 is 0 Å². The number of aromatic nitrogens is 1. The summed E-state index contributed by atoms with van der Waals surface area (Å²) in [4.78, 5) is 7.17. The zero-order chi connectivity index (χ0) is 27.2. The molecule has 2 nitrogen and oxygen atoms in total. The molecule has 1 aliphatic carbocycles. The molecule has 4 rings (SSSR count). The van der Waals surface area contributed by atoms with Crippen LogP contribution in [-0.2, 0) is 0 Å². The second-order valence-corrected chi connectivity index (χ2v) is 11.1. The summed E-state index contributed by atoms with van der Waals surface area (Å²) in [7, 11) is 2.24. The lowest BCUT2D eigenvalue weighted by Gasteiger charge is -2.33. The van der Waals surface area contributed by atoms with E-state index in [1.54, 1.807) is 11.1 Å². The third-order valence-corrected chi connectivity index (χ3v) is 8.74. The standard InChI is InChI=1S/C19H29N.C13H17NS.C2H6/c1-5-10-19-15(3)13-14-16-11-8-7-9-12-17(16)18(6-2)20(19)4;1-3-7-10(4-2)13-14-11-8-5-6-9-12(11)15-13;1-2/h5,10,14-15H,1,6-9,11-13H2,2-4H3;5-6,8-10H,3-4,7H2,1-2H3;1-2H3/b16-14+,18-17-,19-10-;;. The average Bonchev–Trinajstić information content (AvgIpc) is 3.23. The van der Waals surface area contributed by atoms with E-state index >= 15 is 0 Å². The molecule has 0 radical (unpaired) electrons. The quantitative estimate of drug-likeness (QED) is 0.376. The van der Waals surface area contributed by atoms with E-state index in [0.717, 1.165) is 18.4 Å². The fourth-order valence-corrected chi connectivity index (χ4v) is 6.74. The molecule has 1 saturated carbocycles. The molecular formula is C34H52N2S. The molecule has 0 bridgehead atoms. The molecule has 1 aliphatic heterocycles. The highest BCUT2D eigenvalue weighted by Gasteiger charge is 2.23. The van der Waals surface area contributed by atoms with Gasteiger partial charge in [-0.3, -0.25) is 0 Å². The van der Waals surface area contributed by atoms with Crippen LogP contribution in [0.5, 0.6) is 0 Å². The molecule has 37 heavy (non-hydrogen) atoms. The Morgan fingerprint density at radius 3 is 2.49 bits per heavy atom. The van der Waals surface area contributed by atoms with Crippen molar-refractivity contribution in [2.75, 3.05) is 7.05 Å². The first kappa shape index (κ1) is 31.1. The first-order valence-electron chi connectivity index (χ1n) is 14.9. The van der Waals surface area contributed by atoms with Crippen LogP contribution in [0, 0.1) is 5.92 Å². The van der Waals surface area contributed by atoms with Gasteiger partial charge in [0, 0.05) is 24.4 Å². The van der Waals surface area contributed by atoms with E-state index in [0.29, 0.717) is 11.8 Å². The van der Waals surface area contributed by atoms with Crippen LogP contribution < -0.4 is 0 Å². The Balaban J connectivity index is 0.000000252. The third kappa shape index (κ3) is 8.43. The number of fused-ring (bicyclic) bond motifs is 2. The molecule has 1 aromatic heterocycles. The van der Waals surface area contributed by atoms with Gasteiger partial charge in [0.25, 0.3) is 0 Å². The van der Waals surface area contributed by atoms with Crippen LogP contribution in [0.2, 0.25) is 0 Å². The second kappa shape index (κ2) is 16.7. The minimum Gasteiger partial charge on any atom is -0.351 e. The molecule has 0 saturated heterocycles. The molecule has 3 heteroatoms. The Kier molecular flexibility index (Phi) is 14.0. The van der Waals surface area contributed by atoms with Gasteiger partial charge in [-0.2, -0.15) is 0 Å². The highest BCUT2D eigenvalue weighted by molar-refractivity contribution is 7.18. The van der Waals surface area contributed by atoms with Crippen LogP contribution in [0.1, 0.15) is 117 Å². The molecule has 0 spiro atoms. The highest BCUT2D eigenvalue weighted by atomic mass is 32.1. The number of hydrogen-bond acceptors (Lipinski definition) is 3. The van der Waals surface area contributed by atoms with Crippen LogP contribution >= 0.6 is 11.3 Å². The summed E-state index contributed by atoms with van der Waals surface area (Å²) in [6.07, 6.45) is 19.2. The topological polar surface area (TPSA) is 16.1 Å². The number of hydrogen-bond donors (Lipinski definition) is 0. The van der Waals surface area contributed by atoms with Gasteiger partial charge in [0.1, 0.15) is 0 Å². The van der Waals surface area contributed by atoms with E-state index in [-0.39, 0.29) is 0 Å². The van der Waals surface area contributed by atoms with Gasteiger partial charge in [0.15, 0.2) is 0 Å². The highest BCUT2D eigenvalue weighted by Crippen LogP contribution is 2.37. The lowest BCUT2D eigenvalue weighted by Crippen LogP contribution is -2.24. The third-order valence-electron chi connectivity index (χ3n) is 7.54. The smallest absolute Gasteiger partial charge is 0.0969 e. The Bertz CT molecular complexity index is 1020. The van der Waals surface area contributed by atoms with Gasteiger partial charge >= 0.3 is 0 Å². The zero-order valence-corrected chi connectivity index (χ0v) is 25.6. The summed E-state index contributed by atoms with van der Waals surface area (Å²) in [5, 5.41) is 1.32. The van der Waals surface area contributed by atoms with Crippen molar-refractivity contribution in [1.82, 2.24) is 9.88 Å². The zero-order valence-electron chi connectivity index (χ0n) is 24.8. The number of allylic oxidation sites excluding steroid dienone is 7. The molecule has 204 valence electrons. The van der Waals surface area contributed by atoms with E-state index in [9.17, 15) is 0 Å². The minimum atomic E-state index is 0.567. The molecule has 2 aliphatic rings. The van der Waals surface area contributed by atoms with Crippen molar-refractivity contribution in [3.63, 3.8) is 0 Å². The van der Waals surface area contributed by atoms with E-state index in [1.165, 1.54) is 72.5 Å². The maximum Gasteiger partial charge on any atom is 0.0969 e. The molecule has 2 unspecified atom stereocenters. The summed E-state index contributed by atoms with van der Waals surface area (Å²) in [5.74, 6) is 1.23. The molecule has 0 N–H and O–H groups in total. The van der Waals surface area contributed by atoms with E-state index < -0.39 is 0 Å². The molecule has 1 fully saturated rings. The molecule has 0 amide bonds. The minimum absolute atomic E-state index is 0.567. The Hall–Kier alpha value is -2.13. The number of para-hydroxylation sites is 1. The Morgan fingerprint density at radius 2 is 1.84 bits per heavy atom. The van der Waals surface area contributed by atoms with Crippen LogP contribution in [0.4, 0.5) is 0 Å². The SMILES string of the molecule is C=C/C=C1/C(C)C/C=C2\CCCCC\C2=C(/CC)N1C.CC.CCCC(CC)c1nc2ccccc2s1. The van der Waals surface area contributed by atoms with Crippen molar-refractivity contribution >= 4 is 21.6 Å². The predicted molar refractivity (Wildman–Crippen MR) is 167 cm³/mol. The van der Waals surface area contributed by atoms with Crippen LogP contribution in [0.25, 0.3) is 10.2 Å². The summed E-state index contributed by atoms with van der Waals surface area (Å²) in [6, 6.07) is 8.42. The van der Waals surface area contributed by atoms with E-state index in [2.05, 4.69) is 82.6 Å². The first-order valence-corrected chi connectivity index (χ1v) is 15.7. The van der Waals surface area contributed by atoms with Gasteiger partial charge in [-0.1, -0.05) is 85.2 Å². The van der Waals surface area contributed by atoms with Gasteiger partial charge in [-0.15, -0.1) is 11.3 Å². The molecule has 2 aromatic rings. The monoisotopic (exact) mass is 520 g/mol. The number of rotatable bonds is 6. The summed E-state index contributed by atoms with van der Waals surface area (Å²) in [6.45, 7) is 17.0. The maximum absolute atomic E-state index is 4.72. The molecular weight excluding hydrogens is 468 g/mol. The molecule has 2 heterocycles. The largest absolute Gasteiger partial charge is 0.351 e. The molecule has 2 atom stereocenters. The van der Waals surface area contributed by atoms with Gasteiger partial charge < -0.3 is 4.90 Å². The Labute approximate surface area is 232 Å².